The minimum atomic E-state index is -0.590. The normalized spacial score (nSPS) is 14.0. The number of ether oxygens (including phenoxy) is 2. The molecule has 2 nitrogen and oxygen atoms in total. The third-order valence-corrected chi connectivity index (χ3v) is 5.12. The van der Waals surface area contributed by atoms with Gasteiger partial charge in [0.1, 0.15) is 11.4 Å². The quantitative estimate of drug-likeness (QED) is 0.540. The molecule has 0 fully saturated rings. The highest BCUT2D eigenvalue weighted by Gasteiger charge is 2.45. The van der Waals surface area contributed by atoms with Crippen molar-refractivity contribution in [3.8, 4) is 16.9 Å². The molecule has 0 N–H and O–H groups in total. The van der Waals surface area contributed by atoms with Gasteiger partial charge in [0.2, 0.25) is 0 Å². The summed E-state index contributed by atoms with van der Waals surface area (Å²) in [6.45, 7) is 0.620. The molecule has 0 amide bonds. The zero-order valence-electron chi connectivity index (χ0n) is 14.0. The lowest BCUT2D eigenvalue weighted by Gasteiger charge is -2.33. The van der Waals surface area contributed by atoms with Crippen LogP contribution in [-0.2, 0) is 10.3 Å². The molecule has 0 saturated heterocycles. The van der Waals surface area contributed by atoms with Gasteiger partial charge in [-0.2, -0.15) is 0 Å². The van der Waals surface area contributed by atoms with E-state index in [4.69, 9.17) is 9.47 Å². The fraction of sp³-hybridized carbons (Fsp3) is 0.182. The Balaban J connectivity index is 2.00. The number of halogens is 1. The summed E-state index contributed by atoms with van der Waals surface area (Å²) in [6, 6.07) is 25.2. The molecule has 0 unspecified atom stereocenters. The highest BCUT2D eigenvalue weighted by Crippen LogP contribution is 2.53. The number of fused-ring (bicyclic) bond motifs is 3. The van der Waals surface area contributed by atoms with Crippen LogP contribution in [0.5, 0.6) is 5.75 Å². The molecule has 0 aromatic heterocycles. The van der Waals surface area contributed by atoms with Crippen molar-refractivity contribution in [3.63, 3.8) is 0 Å². The van der Waals surface area contributed by atoms with Crippen LogP contribution in [0.15, 0.2) is 72.8 Å². The standard InChI is InChI=1S/C22H19BrO2/c1-24-17-12-10-16(11-13-17)22(25-15-14-23)20-8-4-2-6-18(20)19-7-3-5-9-21(19)22/h2-13H,14-15H2,1H3. The van der Waals surface area contributed by atoms with E-state index in [2.05, 4.69) is 76.6 Å². The molecule has 0 saturated carbocycles. The maximum absolute atomic E-state index is 6.56. The number of alkyl halides is 1. The van der Waals surface area contributed by atoms with Gasteiger partial charge in [-0.25, -0.2) is 0 Å². The zero-order chi connectivity index (χ0) is 17.3. The van der Waals surface area contributed by atoms with Crippen LogP contribution in [-0.4, -0.2) is 19.0 Å². The first kappa shape index (κ1) is 16.4. The Kier molecular flexibility index (Phi) is 4.36. The first-order chi connectivity index (χ1) is 12.3. The molecule has 1 aliphatic rings. The van der Waals surface area contributed by atoms with Crippen molar-refractivity contribution in [2.45, 2.75) is 5.60 Å². The molecule has 0 radical (unpaired) electrons. The Labute approximate surface area is 156 Å². The summed E-state index contributed by atoms with van der Waals surface area (Å²) in [5, 5.41) is 0.787. The Hall–Kier alpha value is -2.10. The largest absolute Gasteiger partial charge is 0.497 e. The first-order valence-corrected chi connectivity index (χ1v) is 9.47. The van der Waals surface area contributed by atoms with Gasteiger partial charge < -0.3 is 9.47 Å². The molecule has 3 heteroatoms. The summed E-state index contributed by atoms with van der Waals surface area (Å²) in [7, 11) is 1.69. The molecule has 4 rings (SSSR count). The van der Waals surface area contributed by atoms with E-state index < -0.39 is 5.60 Å². The summed E-state index contributed by atoms with van der Waals surface area (Å²) in [5.74, 6) is 0.846. The van der Waals surface area contributed by atoms with Crippen LogP contribution in [0.3, 0.4) is 0 Å². The van der Waals surface area contributed by atoms with Crippen molar-refractivity contribution < 1.29 is 9.47 Å². The van der Waals surface area contributed by atoms with Gasteiger partial charge in [0.25, 0.3) is 0 Å². The number of benzene rings is 3. The minimum absolute atomic E-state index is 0.590. The number of hydrogen-bond acceptors (Lipinski definition) is 2. The molecule has 0 heterocycles. The van der Waals surface area contributed by atoms with Crippen LogP contribution in [0.4, 0.5) is 0 Å². The predicted molar refractivity (Wildman–Crippen MR) is 105 cm³/mol. The van der Waals surface area contributed by atoms with E-state index in [1.165, 1.54) is 22.3 Å². The summed E-state index contributed by atoms with van der Waals surface area (Å²) < 4.78 is 11.9. The van der Waals surface area contributed by atoms with Gasteiger partial charge in [0, 0.05) is 16.5 Å². The first-order valence-electron chi connectivity index (χ1n) is 8.35. The van der Waals surface area contributed by atoms with Crippen molar-refractivity contribution >= 4 is 15.9 Å². The number of rotatable bonds is 5. The van der Waals surface area contributed by atoms with Gasteiger partial charge in [-0.3, -0.25) is 0 Å². The Morgan fingerprint density at radius 2 is 1.36 bits per heavy atom. The van der Waals surface area contributed by atoms with E-state index in [9.17, 15) is 0 Å². The summed E-state index contributed by atoms with van der Waals surface area (Å²) in [6.07, 6.45) is 0. The van der Waals surface area contributed by atoms with Gasteiger partial charge in [0.15, 0.2) is 0 Å². The fourth-order valence-corrected chi connectivity index (χ4v) is 3.92. The zero-order valence-corrected chi connectivity index (χ0v) is 15.6. The summed E-state index contributed by atoms with van der Waals surface area (Å²) in [5.41, 5.74) is 5.40. The van der Waals surface area contributed by atoms with Crippen molar-refractivity contribution in [1.82, 2.24) is 0 Å². The van der Waals surface area contributed by atoms with Crippen molar-refractivity contribution in [3.05, 3.63) is 89.5 Å². The predicted octanol–water partition coefficient (Wildman–Crippen LogP) is 5.38. The van der Waals surface area contributed by atoms with Gasteiger partial charge in [-0.15, -0.1) is 0 Å². The molecule has 0 atom stereocenters. The Morgan fingerprint density at radius 3 is 1.88 bits per heavy atom. The maximum Gasteiger partial charge on any atom is 0.144 e. The van der Waals surface area contributed by atoms with Gasteiger partial charge in [-0.05, 0) is 28.8 Å². The van der Waals surface area contributed by atoms with E-state index in [0.29, 0.717) is 6.61 Å². The van der Waals surface area contributed by atoms with Crippen LogP contribution in [0.25, 0.3) is 11.1 Å². The second-order valence-corrected chi connectivity index (χ2v) is 6.83. The lowest BCUT2D eigenvalue weighted by molar-refractivity contribution is 0.0272. The Bertz CT molecular complexity index is 841. The van der Waals surface area contributed by atoms with Gasteiger partial charge >= 0.3 is 0 Å². The van der Waals surface area contributed by atoms with Crippen LogP contribution in [0.2, 0.25) is 0 Å². The Morgan fingerprint density at radius 1 is 0.800 bits per heavy atom. The van der Waals surface area contributed by atoms with E-state index in [-0.39, 0.29) is 0 Å². The van der Waals surface area contributed by atoms with Crippen LogP contribution >= 0.6 is 15.9 Å². The fourth-order valence-electron chi connectivity index (χ4n) is 3.76. The molecule has 3 aromatic rings. The molecular weight excluding hydrogens is 376 g/mol. The third kappa shape index (κ3) is 2.50. The molecule has 25 heavy (non-hydrogen) atoms. The molecule has 126 valence electrons. The van der Waals surface area contributed by atoms with Crippen molar-refractivity contribution in [2.24, 2.45) is 0 Å². The maximum atomic E-state index is 6.56. The average molecular weight is 395 g/mol. The van der Waals surface area contributed by atoms with Crippen LogP contribution in [0.1, 0.15) is 16.7 Å². The second kappa shape index (κ2) is 6.66. The molecular formula is C22H19BrO2. The van der Waals surface area contributed by atoms with Crippen molar-refractivity contribution in [1.29, 1.82) is 0 Å². The highest BCUT2D eigenvalue weighted by molar-refractivity contribution is 9.09. The van der Waals surface area contributed by atoms with E-state index in [0.717, 1.165) is 16.6 Å². The van der Waals surface area contributed by atoms with Crippen molar-refractivity contribution in [2.75, 3.05) is 19.0 Å². The summed E-state index contributed by atoms with van der Waals surface area (Å²) in [4.78, 5) is 0. The monoisotopic (exact) mass is 394 g/mol. The number of methoxy groups -OCH3 is 1. The van der Waals surface area contributed by atoms with Gasteiger partial charge in [-0.1, -0.05) is 76.6 Å². The SMILES string of the molecule is COc1ccc(C2(OCCBr)c3ccccc3-c3ccccc32)cc1. The van der Waals surface area contributed by atoms with Crippen LogP contribution in [0, 0.1) is 0 Å². The van der Waals surface area contributed by atoms with E-state index >= 15 is 0 Å². The van der Waals surface area contributed by atoms with Crippen LogP contribution < -0.4 is 4.74 Å². The highest BCUT2D eigenvalue weighted by atomic mass is 79.9. The van der Waals surface area contributed by atoms with E-state index in [1.54, 1.807) is 7.11 Å². The lowest BCUT2D eigenvalue weighted by atomic mass is 9.84. The average Bonchev–Trinajstić information content (AvgIpc) is 2.98. The molecule has 0 spiro atoms. The molecule has 0 aliphatic heterocycles. The second-order valence-electron chi connectivity index (χ2n) is 6.04. The smallest absolute Gasteiger partial charge is 0.144 e. The molecule has 1 aliphatic carbocycles. The topological polar surface area (TPSA) is 18.5 Å². The molecule has 3 aromatic carbocycles. The molecule has 0 bridgehead atoms. The lowest BCUT2D eigenvalue weighted by Crippen LogP contribution is -2.31. The third-order valence-electron chi connectivity index (χ3n) is 4.80. The summed E-state index contributed by atoms with van der Waals surface area (Å²) >= 11 is 3.51. The van der Waals surface area contributed by atoms with Gasteiger partial charge in [0.05, 0.1) is 13.7 Å². The minimum Gasteiger partial charge on any atom is -0.497 e. The number of hydrogen-bond donors (Lipinski definition) is 0. The van der Waals surface area contributed by atoms with E-state index in [1.807, 2.05) is 12.1 Å².